The molecule has 28 heavy (non-hydrogen) atoms. The highest BCUT2D eigenvalue weighted by Crippen LogP contribution is 2.60. The monoisotopic (exact) mass is 396 g/mol. The van der Waals surface area contributed by atoms with Gasteiger partial charge in [0, 0.05) is 18.8 Å². The van der Waals surface area contributed by atoms with E-state index < -0.39 is 29.8 Å². The van der Waals surface area contributed by atoms with Crippen molar-refractivity contribution in [1.29, 1.82) is 0 Å². The van der Waals surface area contributed by atoms with Gasteiger partial charge in [-0.3, -0.25) is 0 Å². The van der Waals surface area contributed by atoms with Gasteiger partial charge in [0.25, 0.3) is 0 Å². The molecule has 1 spiro atoms. The Kier molecular flexibility index (Phi) is 5.11. The number of esters is 1. The van der Waals surface area contributed by atoms with Crippen LogP contribution in [0.3, 0.4) is 0 Å². The van der Waals surface area contributed by atoms with Crippen molar-refractivity contribution < 1.29 is 33.9 Å². The quantitative estimate of drug-likeness (QED) is 0.444. The molecule has 0 amide bonds. The van der Waals surface area contributed by atoms with Crippen LogP contribution in [0.25, 0.3) is 0 Å². The van der Waals surface area contributed by atoms with Crippen molar-refractivity contribution in [2.24, 2.45) is 23.7 Å². The Bertz CT molecular complexity index is 651. The number of methoxy groups -OCH3 is 1. The summed E-state index contributed by atoms with van der Waals surface area (Å²) in [7, 11) is 1.28. The van der Waals surface area contributed by atoms with Crippen LogP contribution in [0.1, 0.15) is 52.9 Å². The van der Waals surface area contributed by atoms with Crippen molar-refractivity contribution in [1.82, 2.24) is 0 Å². The van der Waals surface area contributed by atoms with Gasteiger partial charge in [-0.1, -0.05) is 20.4 Å². The van der Waals surface area contributed by atoms with Gasteiger partial charge in [-0.2, -0.15) is 0 Å². The van der Waals surface area contributed by atoms with E-state index in [0.717, 1.165) is 25.7 Å². The summed E-state index contributed by atoms with van der Waals surface area (Å²) in [5.74, 6) is -0.313. The Morgan fingerprint density at radius 2 is 2.00 bits per heavy atom. The number of aliphatic hydroxyl groups is 1. The third kappa shape index (κ3) is 2.94. The zero-order chi connectivity index (χ0) is 20.3. The van der Waals surface area contributed by atoms with Crippen LogP contribution in [0.15, 0.2) is 12.2 Å². The van der Waals surface area contributed by atoms with E-state index in [0.29, 0.717) is 11.8 Å². The number of carbonyl (C=O) groups is 1. The van der Waals surface area contributed by atoms with E-state index in [2.05, 4.69) is 25.2 Å². The van der Waals surface area contributed by atoms with Gasteiger partial charge in [-0.05, 0) is 43.9 Å². The number of carbonyl (C=O) groups excluding carboxylic acids is 1. The zero-order valence-corrected chi connectivity index (χ0v) is 17.2. The highest BCUT2D eigenvalue weighted by Gasteiger charge is 2.69. The predicted octanol–water partition coefficient (Wildman–Crippen LogP) is 2.72. The van der Waals surface area contributed by atoms with E-state index in [1.807, 2.05) is 6.92 Å². The summed E-state index contributed by atoms with van der Waals surface area (Å²) in [4.78, 5) is 23.6. The number of ether oxygens (including phenoxy) is 3. The van der Waals surface area contributed by atoms with Crippen molar-refractivity contribution in [3.63, 3.8) is 0 Å². The first kappa shape index (κ1) is 20.3. The smallest absolute Gasteiger partial charge is 0.335 e. The average molecular weight is 396 g/mol. The van der Waals surface area contributed by atoms with Gasteiger partial charge in [-0.15, -0.1) is 0 Å². The lowest BCUT2D eigenvalue weighted by Gasteiger charge is -2.60. The van der Waals surface area contributed by atoms with E-state index in [4.69, 9.17) is 19.2 Å². The summed E-state index contributed by atoms with van der Waals surface area (Å²) in [6.45, 7) is 9.97. The molecule has 1 N–H and O–H groups in total. The second-order valence-corrected chi connectivity index (χ2v) is 9.21. The molecule has 4 saturated heterocycles. The van der Waals surface area contributed by atoms with Crippen LogP contribution in [0.5, 0.6) is 0 Å². The molecule has 0 aromatic heterocycles. The van der Waals surface area contributed by atoms with Crippen LogP contribution in [0, 0.1) is 23.7 Å². The number of aliphatic hydroxyl groups excluding tert-OH is 1. The average Bonchev–Trinajstić information content (AvgIpc) is 2.90. The minimum absolute atomic E-state index is 0.0450. The molecule has 7 heteroatoms. The molecule has 0 radical (unpaired) electrons. The van der Waals surface area contributed by atoms with Crippen molar-refractivity contribution in [2.75, 3.05) is 7.11 Å². The van der Waals surface area contributed by atoms with E-state index >= 15 is 0 Å². The molecule has 5 rings (SSSR count). The van der Waals surface area contributed by atoms with Crippen LogP contribution in [-0.2, 0) is 28.8 Å². The molecule has 158 valence electrons. The lowest BCUT2D eigenvalue weighted by atomic mass is 9.57. The molecule has 4 heterocycles. The molecule has 4 aliphatic heterocycles. The minimum atomic E-state index is -1.03. The summed E-state index contributed by atoms with van der Waals surface area (Å²) in [5, 5.41) is 10.5. The Hall–Kier alpha value is -0.990. The van der Waals surface area contributed by atoms with Gasteiger partial charge in [0.2, 0.25) is 5.79 Å². The van der Waals surface area contributed by atoms with Gasteiger partial charge in [0.1, 0.15) is 0 Å². The molecule has 0 aromatic rings. The number of fused-ring (bicyclic) bond motifs is 2. The second kappa shape index (κ2) is 7.06. The molecular formula is C21H32O7. The van der Waals surface area contributed by atoms with Crippen LogP contribution in [0.2, 0.25) is 0 Å². The maximum absolute atomic E-state index is 11.7. The Balaban J connectivity index is 1.61. The lowest BCUT2D eigenvalue weighted by molar-refractivity contribution is -0.571. The fourth-order valence-electron chi connectivity index (χ4n) is 5.88. The largest absolute Gasteiger partial charge is 0.466 e. The summed E-state index contributed by atoms with van der Waals surface area (Å²) in [6, 6.07) is 0. The lowest BCUT2D eigenvalue weighted by Crippen LogP contribution is -2.70. The van der Waals surface area contributed by atoms with E-state index in [9.17, 15) is 9.90 Å². The number of hydrogen-bond acceptors (Lipinski definition) is 7. The Morgan fingerprint density at radius 3 is 2.71 bits per heavy atom. The predicted molar refractivity (Wildman–Crippen MR) is 98.6 cm³/mol. The number of rotatable bonds is 4. The Labute approximate surface area is 166 Å². The maximum Gasteiger partial charge on any atom is 0.335 e. The highest BCUT2D eigenvalue weighted by atomic mass is 17.3. The first-order chi connectivity index (χ1) is 13.2. The normalized spacial score (nSPS) is 48.3. The van der Waals surface area contributed by atoms with Gasteiger partial charge < -0.3 is 19.3 Å². The molecular weight excluding hydrogens is 364 g/mol. The molecule has 0 unspecified atom stereocenters. The van der Waals surface area contributed by atoms with Gasteiger partial charge >= 0.3 is 5.97 Å². The van der Waals surface area contributed by atoms with Crippen molar-refractivity contribution in [2.45, 2.75) is 82.8 Å². The van der Waals surface area contributed by atoms with Gasteiger partial charge in [0.05, 0.1) is 24.9 Å². The fourth-order valence-corrected chi connectivity index (χ4v) is 5.88. The molecule has 1 aliphatic carbocycles. The highest BCUT2D eigenvalue weighted by molar-refractivity contribution is 5.88. The molecule has 2 bridgehead atoms. The van der Waals surface area contributed by atoms with E-state index in [-0.39, 0.29) is 29.9 Å². The van der Waals surface area contributed by atoms with E-state index in [1.54, 1.807) is 0 Å². The van der Waals surface area contributed by atoms with Crippen molar-refractivity contribution >= 4 is 5.97 Å². The molecule has 0 aromatic carbocycles. The fraction of sp³-hybridized carbons (Fsp3) is 0.857. The molecule has 7 nitrogen and oxygen atoms in total. The summed E-state index contributed by atoms with van der Waals surface area (Å²) >= 11 is 0. The maximum atomic E-state index is 11.7. The van der Waals surface area contributed by atoms with Crippen LogP contribution in [0.4, 0.5) is 0 Å². The van der Waals surface area contributed by atoms with Gasteiger partial charge in [-0.25, -0.2) is 14.6 Å². The van der Waals surface area contributed by atoms with Crippen molar-refractivity contribution in [3.05, 3.63) is 12.2 Å². The second-order valence-electron chi connectivity index (χ2n) is 9.21. The SMILES string of the molecule is C=C(C(=O)OC)[C@H](O)C[C@H]1O[C@@H]2O[C@@]3(C)CC[C@H]4[C@H](C)CC[C@@H]([C@H]1C)[C@@]24OO3. The van der Waals surface area contributed by atoms with Crippen LogP contribution >= 0.6 is 0 Å². The number of hydrogen-bond donors (Lipinski definition) is 1. The Morgan fingerprint density at radius 1 is 1.25 bits per heavy atom. The zero-order valence-electron chi connectivity index (χ0n) is 17.2. The molecule has 9 atom stereocenters. The van der Waals surface area contributed by atoms with Gasteiger partial charge in [0.15, 0.2) is 11.9 Å². The first-order valence-corrected chi connectivity index (χ1v) is 10.4. The molecule has 5 fully saturated rings. The van der Waals surface area contributed by atoms with Crippen molar-refractivity contribution in [3.8, 4) is 0 Å². The summed E-state index contributed by atoms with van der Waals surface area (Å²) in [6.07, 6.45) is 2.27. The van der Waals surface area contributed by atoms with Crippen LogP contribution < -0.4 is 0 Å². The minimum Gasteiger partial charge on any atom is -0.466 e. The third-order valence-corrected chi connectivity index (χ3v) is 7.60. The third-order valence-electron chi connectivity index (χ3n) is 7.60. The first-order valence-electron chi connectivity index (χ1n) is 10.4. The topological polar surface area (TPSA) is 83.5 Å². The standard InChI is InChI=1S/C21H32O7/c1-11-6-7-15-12(2)17(10-16(22)13(3)18(23)24-5)25-19-21(15)14(11)8-9-20(4,26-19)27-28-21/h11-12,14-17,19,22H,3,6-10H2,1-2,4-5H3/t11-,12-,14+,15+,16-,17-,19-,20-,21-/m1/s1. The van der Waals surface area contributed by atoms with E-state index in [1.165, 1.54) is 7.11 Å². The van der Waals surface area contributed by atoms with Crippen LogP contribution in [-0.4, -0.2) is 48.1 Å². The summed E-state index contributed by atoms with van der Waals surface area (Å²) in [5.41, 5.74) is -0.572. The molecule has 1 saturated carbocycles. The molecule has 5 aliphatic rings. The summed E-state index contributed by atoms with van der Waals surface area (Å²) < 4.78 is 17.4.